The van der Waals surface area contributed by atoms with Crippen LogP contribution in [0.15, 0.2) is 67.0 Å². The number of aromatic nitrogens is 2. The van der Waals surface area contributed by atoms with Gasteiger partial charge in [0.1, 0.15) is 5.65 Å². The van der Waals surface area contributed by atoms with E-state index in [4.69, 9.17) is 4.74 Å². The molecule has 0 fully saturated rings. The third kappa shape index (κ3) is 2.34. The van der Waals surface area contributed by atoms with Crippen molar-refractivity contribution in [3.05, 3.63) is 72.6 Å². The average Bonchev–Trinajstić information content (AvgIpc) is 3.03. The summed E-state index contributed by atoms with van der Waals surface area (Å²) in [5.74, 6) is -0.354. The van der Waals surface area contributed by atoms with Gasteiger partial charge in [-0.2, -0.15) is 0 Å². The van der Waals surface area contributed by atoms with Crippen LogP contribution in [0.2, 0.25) is 0 Å². The molecule has 112 valence electrons. The van der Waals surface area contributed by atoms with E-state index >= 15 is 0 Å². The van der Waals surface area contributed by atoms with Crippen molar-refractivity contribution in [3.63, 3.8) is 0 Å². The number of hydrogen-bond acceptors (Lipinski definition) is 3. The molecule has 0 N–H and O–H groups in total. The molecule has 0 bridgehead atoms. The number of pyridine rings is 1. The summed E-state index contributed by atoms with van der Waals surface area (Å²) in [6, 6.07) is 18.0. The number of rotatable bonds is 2. The van der Waals surface area contributed by atoms with E-state index in [1.165, 1.54) is 17.9 Å². The van der Waals surface area contributed by atoms with Gasteiger partial charge in [0.25, 0.3) is 0 Å². The number of hydrogen-bond donors (Lipinski definition) is 0. The summed E-state index contributed by atoms with van der Waals surface area (Å²) in [4.78, 5) is 16.3. The fourth-order valence-corrected chi connectivity index (χ4v) is 2.72. The Morgan fingerprint density at radius 2 is 1.83 bits per heavy atom. The van der Waals surface area contributed by atoms with Crippen molar-refractivity contribution in [1.29, 1.82) is 0 Å². The van der Waals surface area contributed by atoms with E-state index in [9.17, 15) is 4.79 Å². The summed E-state index contributed by atoms with van der Waals surface area (Å²) in [6.45, 7) is 0. The van der Waals surface area contributed by atoms with E-state index in [2.05, 4.69) is 35.3 Å². The first kappa shape index (κ1) is 13.5. The van der Waals surface area contributed by atoms with Crippen molar-refractivity contribution in [2.45, 2.75) is 0 Å². The van der Waals surface area contributed by atoms with Crippen molar-refractivity contribution in [3.8, 4) is 11.3 Å². The zero-order chi connectivity index (χ0) is 15.8. The maximum Gasteiger partial charge on any atom is 0.339 e. The van der Waals surface area contributed by atoms with Gasteiger partial charge in [0.2, 0.25) is 0 Å². The molecule has 2 heterocycles. The van der Waals surface area contributed by atoms with Crippen LogP contribution in [-0.4, -0.2) is 22.5 Å². The summed E-state index contributed by atoms with van der Waals surface area (Å²) >= 11 is 0. The monoisotopic (exact) mass is 302 g/mol. The molecule has 0 saturated heterocycles. The molecule has 0 unspecified atom stereocenters. The zero-order valence-electron chi connectivity index (χ0n) is 12.6. The highest BCUT2D eigenvalue weighted by molar-refractivity contribution is 5.89. The van der Waals surface area contributed by atoms with E-state index in [0.29, 0.717) is 5.56 Å². The lowest BCUT2D eigenvalue weighted by molar-refractivity contribution is 0.0600. The minimum Gasteiger partial charge on any atom is -0.465 e. The van der Waals surface area contributed by atoms with Crippen molar-refractivity contribution < 1.29 is 9.53 Å². The van der Waals surface area contributed by atoms with Gasteiger partial charge < -0.3 is 9.14 Å². The quantitative estimate of drug-likeness (QED) is 0.527. The smallest absolute Gasteiger partial charge is 0.339 e. The van der Waals surface area contributed by atoms with Crippen LogP contribution in [0.3, 0.4) is 0 Å². The van der Waals surface area contributed by atoms with Crippen molar-refractivity contribution >= 4 is 22.4 Å². The minimum atomic E-state index is -0.354. The van der Waals surface area contributed by atoms with Gasteiger partial charge >= 0.3 is 5.97 Å². The molecule has 0 aliphatic carbocycles. The summed E-state index contributed by atoms with van der Waals surface area (Å²) in [5, 5.41) is 2.38. The Kier molecular flexibility index (Phi) is 3.08. The van der Waals surface area contributed by atoms with Gasteiger partial charge in [-0.3, -0.25) is 0 Å². The first-order valence-corrected chi connectivity index (χ1v) is 7.31. The highest BCUT2D eigenvalue weighted by Gasteiger charge is 2.09. The Balaban J connectivity index is 1.82. The number of benzene rings is 2. The highest BCUT2D eigenvalue weighted by Crippen LogP contribution is 2.24. The second kappa shape index (κ2) is 5.25. The van der Waals surface area contributed by atoms with E-state index in [-0.39, 0.29) is 5.97 Å². The van der Waals surface area contributed by atoms with Crippen LogP contribution in [0, 0.1) is 0 Å². The van der Waals surface area contributed by atoms with Crippen LogP contribution < -0.4 is 0 Å². The zero-order valence-corrected chi connectivity index (χ0v) is 12.6. The maximum absolute atomic E-state index is 11.6. The third-order valence-electron chi connectivity index (χ3n) is 3.92. The second-order valence-electron chi connectivity index (χ2n) is 5.36. The summed E-state index contributed by atoms with van der Waals surface area (Å²) in [6.07, 6.45) is 3.66. The largest absolute Gasteiger partial charge is 0.465 e. The topological polar surface area (TPSA) is 43.6 Å². The molecular formula is C19H14N2O2. The first-order chi connectivity index (χ1) is 11.2. The molecule has 4 heteroatoms. The average molecular weight is 302 g/mol. The number of methoxy groups -OCH3 is 1. The lowest BCUT2D eigenvalue weighted by Crippen LogP contribution is -2.02. The molecule has 4 rings (SSSR count). The highest BCUT2D eigenvalue weighted by atomic mass is 16.5. The van der Waals surface area contributed by atoms with Crippen LogP contribution in [0.25, 0.3) is 27.7 Å². The van der Waals surface area contributed by atoms with Gasteiger partial charge in [-0.15, -0.1) is 0 Å². The molecule has 0 spiro atoms. The van der Waals surface area contributed by atoms with Gasteiger partial charge in [0, 0.05) is 18.0 Å². The van der Waals surface area contributed by atoms with Gasteiger partial charge in [-0.25, -0.2) is 9.78 Å². The molecule has 0 saturated carbocycles. The van der Waals surface area contributed by atoms with Crippen molar-refractivity contribution in [1.82, 2.24) is 9.38 Å². The van der Waals surface area contributed by atoms with Gasteiger partial charge in [-0.05, 0) is 29.0 Å². The Morgan fingerprint density at radius 1 is 1.00 bits per heavy atom. The molecule has 2 aromatic heterocycles. The minimum absolute atomic E-state index is 0.354. The number of esters is 1. The molecule has 4 nitrogen and oxygen atoms in total. The number of imidazole rings is 1. The van der Waals surface area contributed by atoms with Gasteiger partial charge in [0.05, 0.1) is 18.4 Å². The molecule has 0 radical (unpaired) electrons. The van der Waals surface area contributed by atoms with E-state index in [1.807, 2.05) is 28.8 Å². The Bertz CT molecular complexity index is 1030. The summed E-state index contributed by atoms with van der Waals surface area (Å²) in [7, 11) is 1.38. The molecule has 4 aromatic rings. The summed E-state index contributed by atoms with van der Waals surface area (Å²) < 4.78 is 6.60. The third-order valence-corrected chi connectivity index (χ3v) is 3.92. The van der Waals surface area contributed by atoms with Crippen molar-refractivity contribution in [2.24, 2.45) is 0 Å². The molecule has 2 aromatic carbocycles. The molecule has 0 aliphatic heterocycles. The fourth-order valence-electron chi connectivity index (χ4n) is 2.72. The Labute approximate surface area is 133 Å². The second-order valence-corrected chi connectivity index (χ2v) is 5.36. The number of carbonyl (C=O) groups excluding carboxylic acids is 1. The molecule has 0 amide bonds. The molecule has 0 aliphatic rings. The number of fused-ring (bicyclic) bond motifs is 2. The lowest BCUT2D eigenvalue weighted by atomic mass is 10.1. The van der Waals surface area contributed by atoms with E-state index in [0.717, 1.165) is 16.9 Å². The first-order valence-electron chi connectivity index (χ1n) is 7.31. The van der Waals surface area contributed by atoms with E-state index < -0.39 is 0 Å². The standard InChI is InChI=1S/C19H14N2O2/c1-23-19(22)16-8-9-18-20-17(12-21(18)11-16)15-7-6-13-4-2-3-5-14(13)10-15/h2-12H,1H3. The van der Waals surface area contributed by atoms with Crippen LogP contribution in [0.4, 0.5) is 0 Å². The molecular weight excluding hydrogens is 288 g/mol. The van der Waals surface area contributed by atoms with Crippen LogP contribution in [0.5, 0.6) is 0 Å². The molecule has 23 heavy (non-hydrogen) atoms. The van der Waals surface area contributed by atoms with Crippen LogP contribution >= 0.6 is 0 Å². The maximum atomic E-state index is 11.6. The van der Waals surface area contributed by atoms with Gasteiger partial charge in [-0.1, -0.05) is 36.4 Å². The molecule has 0 atom stereocenters. The number of nitrogens with zero attached hydrogens (tertiary/aromatic N) is 2. The lowest BCUT2D eigenvalue weighted by Gasteiger charge is -2.00. The number of carbonyl (C=O) groups is 1. The number of ether oxygens (including phenoxy) is 1. The summed E-state index contributed by atoms with van der Waals surface area (Å²) in [5.41, 5.74) is 3.22. The predicted molar refractivity (Wildman–Crippen MR) is 89.5 cm³/mol. The SMILES string of the molecule is COC(=O)c1ccc2nc(-c3ccc4ccccc4c3)cn2c1. The van der Waals surface area contributed by atoms with Crippen LogP contribution in [-0.2, 0) is 4.74 Å². The van der Waals surface area contributed by atoms with Crippen molar-refractivity contribution in [2.75, 3.05) is 7.11 Å². The fraction of sp³-hybridized carbons (Fsp3) is 0.0526. The van der Waals surface area contributed by atoms with Crippen LogP contribution in [0.1, 0.15) is 10.4 Å². The van der Waals surface area contributed by atoms with Gasteiger partial charge in [0.15, 0.2) is 0 Å². The predicted octanol–water partition coefficient (Wildman–Crippen LogP) is 3.94. The normalized spacial score (nSPS) is 11.0. The Morgan fingerprint density at radius 3 is 2.65 bits per heavy atom. The Hall–Kier alpha value is -3.14. The van der Waals surface area contributed by atoms with E-state index in [1.54, 1.807) is 12.3 Å².